The largest absolute Gasteiger partial charge is 0.489 e. The zero-order chi connectivity index (χ0) is 21.5. The average Bonchev–Trinajstić information content (AvgIpc) is 2.72. The Morgan fingerprint density at radius 3 is 2.13 bits per heavy atom. The highest BCUT2D eigenvalue weighted by molar-refractivity contribution is 9.11. The molecule has 3 aromatic carbocycles. The van der Waals surface area contributed by atoms with Gasteiger partial charge in [0.05, 0.1) is 0 Å². The zero-order valence-corrected chi connectivity index (χ0v) is 19.1. The highest BCUT2D eigenvalue weighted by atomic mass is 79.9. The van der Waals surface area contributed by atoms with E-state index in [1.165, 1.54) is 0 Å². The summed E-state index contributed by atoms with van der Waals surface area (Å²) in [7, 11) is 0. The molecule has 0 aromatic heterocycles. The minimum Gasteiger partial charge on any atom is -0.489 e. The van der Waals surface area contributed by atoms with Crippen LogP contribution in [0.3, 0.4) is 0 Å². The van der Waals surface area contributed by atoms with Crippen LogP contribution in [0.15, 0.2) is 81.7 Å². The molecule has 3 aromatic rings. The van der Waals surface area contributed by atoms with Crippen molar-refractivity contribution in [3.63, 3.8) is 0 Å². The Kier molecular flexibility index (Phi) is 7.65. The molecule has 3 rings (SSSR count). The van der Waals surface area contributed by atoms with Gasteiger partial charge in [0.25, 0.3) is 5.91 Å². The van der Waals surface area contributed by atoms with E-state index in [0.717, 1.165) is 25.8 Å². The molecule has 0 saturated carbocycles. The molecule has 0 spiro atoms. The fourth-order valence-electron chi connectivity index (χ4n) is 2.85. The SMILES string of the molecule is NC(=O)[C@H](Cc1ccc(OCc2ccccc2)cc1)NC(=O)c1cc(Br)cc(Br)c1. The molecule has 154 valence electrons. The molecule has 1 atom stereocenters. The summed E-state index contributed by atoms with van der Waals surface area (Å²) in [5.41, 5.74) is 7.88. The predicted octanol–water partition coefficient (Wildman–Crippen LogP) is 4.62. The van der Waals surface area contributed by atoms with Crippen LogP contribution in [0.25, 0.3) is 0 Å². The molecule has 30 heavy (non-hydrogen) atoms. The van der Waals surface area contributed by atoms with E-state index < -0.39 is 11.9 Å². The van der Waals surface area contributed by atoms with Gasteiger partial charge in [-0.1, -0.05) is 74.3 Å². The Morgan fingerprint density at radius 2 is 1.53 bits per heavy atom. The van der Waals surface area contributed by atoms with E-state index in [2.05, 4.69) is 37.2 Å². The van der Waals surface area contributed by atoms with Crippen molar-refractivity contribution < 1.29 is 14.3 Å². The molecule has 2 amide bonds. The molecule has 3 N–H and O–H groups in total. The number of ether oxygens (including phenoxy) is 1. The predicted molar refractivity (Wildman–Crippen MR) is 123 cm³/mol. The highest BCUT2D eigenvalue weighted by Crippen LogP contribution is 2.20. The molecule has 0 saturated heterocycles. The molecule has 0 aliphatic heterocycles. The van der Waals surface area contributed by atoms with Crippen molar-refractivity contribution in [1.29, 1.82) is 0 Å². The van der Waals surface area contributed by atoms with Gasteiger partial charge in [-0.05, 0) is 41.5 Å². The Bertz CT molecular complexity index is 1000. The van der Waals surface area contributed by atoms with Crippen molar-refractivity contribution in [3.05, 3.63) is 98.4 Å². The summed E-state index contributed by atoms with van der Waals surface area (Å²) in [6.45, 7) is 0.475. The van der Waals surface area contributed by atoms with Crippen LogP contribution in [0.4, 0.5) is 0 Å². The number of primary amides is 1. The third-order valence-corrected chi connectivity index (χ3v) is 5.30. The van der Waals surface area contributed by atoms with Crippen LogP contribution in [-0.2, 0) is 17.8 Å². The van der Waals surface area contributed by atoms with Gasteiger partial charge in [-0.3, -0.25) is 9.59 Å². The van der Waals surface area contributed by atoms with E-state index >= 15 is 0 Å². The van der Waals surface area contributed by atoms with Crippen molar-refractivity contribution in [2.75, 3.05) is 0 Å². The maximum atomic E-state index is 12.5. The van der Waals surface area contributed by atoms with E-state index in [1.54, 1.807) is 12.1 Å². The summed E-state index contributed by atoms with van der Waals surface area (Å²) in [5, 5.41) is 2.71. The van der Waals surface area contributed by atoms with Crippen molar-refractivity contribution in [1.82, 2.24) is 5.32 Å². The maximum absolute atomic E-state index is 12.5. The lowest BCUT2D eigenvalue weighted by atomic mass is 10.0. The van der Waals surface area contributed by atoms with E-state index in [1.807, 2.05) is 60.7 Å². The van der Waals surface area contributed by atoms with Gasteiger partial charge in [-0.2, -0.15) is 0 Å². The van der Waals surface area contributed by atoms with Gasteiger partial charge in [0.15, 0.2) is 0 Å². The summed E-state index contributed by atoms with van der Waals surface area (Å²) in [4.78, 5) is 24.4. The molecule has 0 unspecified atom stereocenters. The maximum Gasteiger partial charge on any atom is 0.252 e. The van der Waals surface area contributed by atoms with Gasteiger partial charge < -0.3 is 15.8 Å². The first-order valence-electron chi connectivity index (χ1n) is 9.22. The standard InChI is InChI=1S/C23H20Br2N2O3/c24-18-11-17(12-19(25)13-18)23(29)27-21(22(26)28)10-15-6-8-20(9-7-15)30-14-16-4-2-1-3-5-16/h1-9,11-13,21H,10,14H2,(H2,26,28)(H,27,29)/t21-/m0/s1. The Balaban J connectivity index is 1.62. The Labute approximate surface area is 191 Å². The number of rotatable bonds is 8. The van der Waals surface area contributed by atoms with Crippen molar-refractivity contribution in [2.45, 2.75) is 19.1 Å². The summed E-state index contributed by atoms with van der Waals surface area (Å²) in [6.07, 6.45) is 0.287. The summed E-state index contributed by atoms with van der Waals surface area (Å²) in [5.74, 6) is -0.244. The number of benzene rings is 3. The number of carbonyl (C=O) groups is 2. The first-order valence-corrected chi connectivity index (χ1v) is 10.8. The molecule has 0 radical (unpaired) electrons. The van der Waals surface area contributed by atoms with Crippen LogP contribution in [-0.4, -0.2) is 17.9 Å². The van der Waals surface area contributed by atoms with Gasteiger partial charge in [0.1, 0.15) is 18.4 Å². The van der Waals surface area contributed by atoms with Gasteiger partial charge in [0, 0.05) is 20.9 Å². The number of halogens is 2. The lowest BCUT2D eigenvalue weighted by Crippen LogP contribution is -2.45. The summed E-state index contributed by atoms with van der Waals surface area (Å²) in [6, 6.07) is 21.6. The first-order chi connectivity index (χ1) is 14.4. The molecule has 0 aliphatic carbocycles. The average molecular weight is 532 g/mol. The van der Waals surface area contributed by atoms with E-state index in [0.29, 0.717) is 12.2 Å². The van der Waals surface area contributed by atoms with E-state index in [-0.39, 0.29) is 12.3 Å². The zero-order valence-electron chi connectivity index (χ0n) is 16.0. The molecule has 0 bridgehead atoms. The quantitative estimate of drug-likeness (QED) is 0.445. The minimum atomic E-state index is -0.827. The van der Waals surface area contributed by atoms with Gasteiger partial charge in [0.2, 0.25) is 5.91 Å². The normalized spacial score (nSPS) is 11.5. The molecule has 0 fully saturated rings. The van der Waals surface area contributed by atoms with Crippen LogP contribution in [0, 0.1) is 0 Å². The smallest absolute Gasteiger partial charge is 0.252 e. The van der Waals surface area contributed by atoms with Crippen LogP contribution in [0.1, 0.15) is 21.5 Å². The first kappa shape index (κ1) is 22.1. The van der Waals surface area contributed by atoms with Crippen LogP contribution < -0.4 is 15.8 Å². The van der Waals surface area contributed by atoms with Gasteiger partial charge in [-0.15, -0.1) is 0 Å². The molecule has 5 nitrogen and oxygen atoms in total. The third kappa shape index (κ3) is 6.43. The highest BCUT2D eigenvalue weighted by Gasteiger charge is 2.20. The molecular formula is C23H20Br2N2O3. The van der Waals surface area contributed by atoms with Crippen LogP contribution in [0.2, 0.25) is 0 Å². The second-order valence-corrected chi connectivity index (χ2v) is 8.54. The molecule has 7 heteroatoms. The van der Waals surface area contributed by atoms with Crippen molar-refractivity contribution in [3.8, 4) is 5.75 Å². The van der Waals surface area contributed by atoms with Crippen LogP contribution in [0.5, 0.6) is 5.75 Å². The van der Waals surface area contributed by atoms with E-state index in [9.17, 15) is 9.59 Å². The van der Waals surface area contributed by atoms with Crippen LogP contribution >= 0.6 is 31.9 Å². The number of carbonyl (C=O) groups excluding carboxylic acids is 2. The lowest BCUT2D eigenvalue weighted by Gasteiger charge is -2.16. The van der Waals surface area contributed by atoms with Crippen molar-refractivity contribution >= 4 is 43.7 Å². The Hall–Kier alpha value is -2.64. The van der Waals surface area contributed by atoms with Gasteiger partial charge in [-0.25, -0.2) is 0 Å². The second-order valence-electron chi connectivity index (χ2n) is 6.71. The number of hydrogen-bond donors (Lipinski definition) is 2. The fraction of sp³-hybridized carbons (Fsp3) is 0.130. The lowest BCUT2D eigenvalue weighted by molar-refractivity contribution is -0.119. The Morgan fingerprint density at radius 1 is 0.900 bits per heavy atom. The summed E-state index contributed by atoms with van der Waals surface area (Å²) >= 11 is 6.70. The van der Waals surface area contributed by atoms with E-state index in [4.69, 9.17) is 10.5 Å². The van der Waals surface area contributed by atoms with Gasteiger partial charge >= 0.3 is 0 Å². The minimum absolute atomic E-state index is 0.287. The summed E-state index contributed by atoms with van der Waals surface area (Å²) < 4.78 is 7.28. The number of nitrogens with one attached hydrogen (secondary N) is 1. The number of hydrogen-bond acceptors (Lipinski definition) is 3. The topological polar surface area (TPSA) is 81.4 Å². The van der Waals surface area contributed by atoms with Crippen molar-refractivity contribution in [2.24, 2.45) is 5.73 Å². The molecule has 0 aliphatic rings. The number of amides is 2. The number of nitrogens with two attached hydrogens (primary N) is 1. The third-order valence-electron chi connectivity index (χ3n) is 4.39. The second kappa shape index (κ2) is 10.4. The fourth-order valence-corrected chi connectivity index (χ4v) is 4.14. The molecule has 0 heterocycles. The monoisotopic (exact) mass is 530 g/mol. The molecular weight excluding hydrogens is 512 g/mol.